The Balaban J connectivity index is 1.61. The van der Waals surface area contributed by atoms with Crippen molar-refractivity contribution in [1.82, 2.24) is 20.4 Å². The molecule has 0 aromatic heterocycles. The zero-order valence-electron chi connectivity index (χ0n) is 18.7. The SMILES string of the molecule is CCCN(C(=O)NCc1ccc(C(=O)N2CCNC(=O)C2)cc1)[C@@H](C)c1ccc(Cl)c(Cl)c1. The van der Waals surface area contributed by atoms with Crippen LogP contribution < -0.4 is 10.6 Å². The smallest absolute Gasteiger partial charge is 0.318 e. The minimum absolute atomic E-state index is 0.0704. The summed E-state index contributed by atoms with van der Waals surface area (Å²) in [6.07, 6.45) is 0.810. The van der Waals surface area contributed by atoms with Crippen LogP contribution in [0.3, 0.4) is 0 Å². The van der Waals surface area contributed by atoms with Crippen LogP contribution in [0.25, 0.3) is 0 Å². The molecule has 2 aromatic rings. The van der Waals surface area contributed by atoms with Gasteiger partial charge in [-0.05, 0) is 48.7 Å². The lowest BCUT2D eigenvalue weighted by molar-refractivity contribution is -0.123. The summed E-state index contributed by atoms with van der Waals surface area (Å²) in [5, 5.41) is 6.60. The van der Waals surface area contributed by atoms with Crippen LogP contribution in [-0.4, -0.2) is 53.8 Å². The third-order valence-electron chi connectivity index (χ3n) is 5.59. The molecule has 3 rings (SSSR count). The van der Waals surface area contributed by atoms with E-state index >= 15 is 0 Å². The van der Waals surface area contributed by atoms with Gasteiger partial charge < -0.3 is 20.4 Å². The van der Waals surface area contributed by atoms with Gasteiger partial charge in [0.15, 0.2) is 0 Å². The molecule has 9 heteroatoms. The van der Waals surface area contributed by atoms with Crippen LogP contribution in [0.1, 0.15) is 47.8 Å². The highest BCUT2D eigenvalue weighted by Crippen LogP contribution is 2.28. The zero-order valence-corrected chi connectivity index (χ0v) is 20.2. The lowest BCUT2D eigenvalue weighted by atomic mass is 10.1. The normalized spacial score (nSPS) is 14.4. The number of halogens is 2. The van der Waals surface area contributed by atoms with Crippen LogP contribution in [-0.2, 0) is 11.3 Å². The maximum Gasteiger partial charge on any atom is 0.318 e. The van der Waals surface area contributed by atoms with Crippen molar-refractivity contribution in [2.24, 2.45) is 0 Å². The van der Waals surface area contributed by atoms with Gasteiger partial charge in [0, 0.05) is 31.7 Å². The van der Waals surface area contributed by atoms with E-state index in [1.165, 1.54) is 4.90 Å². The Bertz CT molecular complexity index is 1010. The van der Waals surface area contributed by atoms with E-state index in [0.29, 0.717) is 41.8 Å². The molecular weight excluding hydrogens is 463 g/mol. The fraction of sp³-hybridized carbons (Fsp3) is 0.375. The van der Waals surface area contributed by atoms with Gasteiger partial charge in [-0.1, -0.05) is 48.3 Å². The minimum Gasteiger partial charge on any atom is -0.353 e. The standard InChI is InChI=1S/C24H28Cl2N4O3/c1-3-11-30(16(2)19-8-9-20(25)21(26)13-19)24(33)28-14-17-4-6-18(7-5-17)23(32)29-12-10-27-22(31)15-29/h4-9,13,16H,3,10-12,14-15H2,1-2H3,(H,27,31)(H,28,33)/t16-/m0/s1. The second-order valence-corrected chi connectivity index (χ2v) is 8.79. The molecule has 1 saturated heterocycles. The molecule has 1 aliphatic heterocycles. The van der Waals surface area contributed by atoms with Gasteiger partial charge in [0.25, 0.3) is 5.91 Å². The third kappa shape index (κ3) is 6.39. The highest BCUT2D eigenvalue weighted by Gasteiger charge is 2.23. The summed E-state index contributed by atoms with van der Waals surface area (Å²) >= 11 is 12.2. The molecule has 0 aliphatic carbocycles. The fourth-order valence-electron chi connectivity index (χ4n) is 3.70. The lowest BCUT2D eigenvalue weighted by Gasteiger charge is -2.30. The van der Waals surface area contributed by atoms with E-state index in [1.54, 1.807) is 29.2 Å². The van der Waals surface area contributed by atoms with Crippen molar-refractivity contribution >= 4 is 41.0 Å². The first-order chi connectivity index (χ1) is 15.8. The molecule has 1 aliphatic rings. The predicted octanol–water partition coefficient (Wildman–Crippen LogP) is 4.25. The molecule has 4 amide bonds. The first kappa shape index (κ1) is 24.9. The Labute approximate surface area is 204 Å². The average Bonchev–Trinajstić information content (AvgIpc) is 2.82. The third-order valence-corrected chi connectivity index (χ3v) is 6.33. The van der Waals surface area contributed by atoms with E-state index in [1.807, 2.05) is 32.0 Å². The van der Waals surface area contributed by atoms with Gasteiger partial charge in [-0.2, -0.15) is 0 Å². The lowest BCUT2D eigenvalue weighted by Crippen LogP contribution is -2.49. The Morgan fingerprint density at radius 3 is 2.52 bits per heavy atom. The van der Waals surface area contributed by atoms with Gasteiger partial charge in [-0.25, -0.2) is 4.79 Å². The van der Waals surface area contributed by atoms with Crippen molar-refractivity contribution in [3.8, 4) is 0 Å². The van der Waals surface area contributed by atoms with Gasteiger partial charge in [0.1, 0.15) is 0 Å². The van der Waals surface area contributed by atoms with Crippen molar-refractivity contribution in [3.05, 3.63) is 69.2 Å². The molecule has 1 heterocycles. The van der Waals surface area contributed by atoms with E-state index < -0.39 is 0 Å². The molecule has 7 nitrogen and oxygen atoms in total. The summed E-state index contributed by atoms with van der Waals surface area (Å²) < 4.78 is 0. The summed E-state index contributed by atoms with van der Waals surface area (Å²) in [5.41, 5.74) is 2.29. The van der Waals surface area contributed by atoms with Crippen LogP contribution in [0, 0.1) is 0 Å². The number of piperazine rings is 1. The summed E-state index contributed by atoms with van der Waals surface area (Å²) in [6, 6.07) is 12.1. The molecule has 0 saturated carbocycles. The maximum absolute atomic E-state index is 12.9. The van der Waals surface area contributed by atoms with E-state index in [0.717, 1.165) is 17.5 Å². The highest BCUT2D eigenvalue weighted by molar-refractivity contribution is 6.42. The Hall–Kier alpha value is -2.77. The molecule has 33 heavy (non-hydrogen) atoms. The number of rotatable bonds is 7. The summed E-state index contributed by atoms with van der Waals surface area (Å²) in [6.45, 7) is 5.91. The minimum atomic E-state index is -0.185. The predicted molar refractivity (Wildman–Crippen MR) is 129 cm³/mol. The average molecular weight is 491 g/mol. The van der Waals surface area contributed by atoms with Crippen LogP contribution in [0.2, 0.25) is 10.0 Å². The van der Waals surface area contributed by atoms with E-state index in [-0.39, 0.29) is 30.4 Å². The summed E-state index contributed by atoms with van der Waals surface area (Å²) in [7, 11) is 0. The van der Waals surface area contributed by atoms with Crippen molar-refractivity contribution < 1.29 is 14.4 Å². The molecule has 0 radical (unpaired) electrons. The molecule has 176 valence electrons. The van der Waals surface area contributed by atoms with Gasteiger partial charge in [0.05, 0.1) is 22.6 Å². The monoisotopic (exact) mass is 490 g/mol. The van der Waals surface area contributed by atoms with Crippen LogP contribution in [0.15, 0.2) is 42.5 Å². The number of hydrogen-bond donors (Lipinski definition) is 2. The number of carbonyl (C=O) groups excluding carboxylic acids is 3. The van der Waals surface area contributed by atoms with Crippen molar-refractivity contribution in [3.63, 3.8) is 0 Å². The topological polar surface area (TPSA) is 81.8 Å². The first-order valence-electron chi connectivity index (χ1n) is 10.9. The summed E-state index contributed by atoms with van der Waals surface area (Å²) in [4.78, 5) is 40.3. The second-order valence-electron chi connectivity index (χ2n) is 7.98. The number of carbonyl (C=O) groups is 3. The molecule has 1 atom stereocenters. The first-order valence-corrected chi connectivity index (χ1v) is 11.7. The number of nitrogens with zero attached hydrogens (tertiary/aromatic N) is 2. The van der Waals surface area contributed by atoms with E-state index in [4.69, 9.17) is 23.2 Å². The number of urea groups is 1. The maximum atomic E-state index is 12.9. The fourth-order valence-corrected chi connectivity index (χ4v) is 4.01. The van der Waals surface area contributed by atoms with Gasteiger partial charge in [-0.3, -0.25) is 9.59 Å². The van der Waals surface area contributed by atoms with Crippen molar-refractivity contribution in [2.45, 2.75) is 32.9 Å². The quantitative estimate of drug-likeness (QED) is 0.608. The Morgan fingerprint density at radius 2 is 1.88 bits per heavy atom. The number of hydrogen-bond acceptors (Lipinski definition) is 3. The Morgan fingerprint density at radius 1 is 1.15 bits per heavy atom. The van der Waals surface area contributed by atoms with E-state index in [2.05, 4.69) is 10.6 Å². The second kappa shape index (κ2) is 11.4. The van der Waals surface area contributed by atoms with Crippen LogP contribution in [0.4, 0.5) is 4.79 Å². The number of amides is 4. The van der Waals surface area contributed by atoms with Gasteiger partial charge in [-0.15, -0.1) is 0 Å². The van der Waals surface area contributed by atoms with Crippen molar-refractivity contribution in [1.29, 1.82) is 0 Å². The Kier molecular flexibility index (Phi) is 8.58. The molecule has 0 unspecified atom stereocenters. The molecular formula is C24H28Cl2N4O3. The van der Waals surface area contributed by atoms with Gasteiger partial charge >= 0.3 is 6.03 Å². The van der Waals surface area contributed by atoms with Gasteiger partial charge in [0.2, 0.25) is 5.91 Å². The van der Waals surface area contributed by atoms with Crippen LogP contribution >= 0.6 is 23.2 Å². The molecule has 0 spiro atoms. The molecule has 2 aromatic carbocycles. The molecule has 0 bridgehead atoms. The summed E-state index contributed by atoms with van der Waals surface area (Å²) in [5.74, 6) is -0.328. The molecule has 1 fully saturated rings. The van der Waals surface area contributed by atoms with Crippen LogP contribution in [0.5, 0.6) is 0 Å². The largest absolute Gasteiger partial charge is 0.353 e. The zero-order chi connectivity index (χ0) is 24.0. The highest BCUT2D eigenvalue weighted by atomic mass is 35.5. The van der Waals surface area contributed by atoms with Crippen molar-refractivity contribution in [2.75, 3.05) is 26.2 Å². The van der Waals surface area contributed by atoms with E-state index in [9.17, 15) is 14.4 Å². The molecule has 2 N–H and O–H groups in total. The number of benzene rings is 2. The number of nitrogens with one attached hydrogen (secondary N) is 2.